The average molecular weight is 416 g/mol. The van der Waals surface area contributed by atoms with Gasteiger partial charge in [-0.15, -0.1) is 0 Å². The van der Waals surface area contributed by atoms with Crippen molar-refractivity contribution in [1.29, 1.82) is 0 Å². The molecular weight excluding hydrogens is 396 g/mol. The first-order valence-electron chi connectivity index (χ1n) is 9.56. The minimum absolute atomic E-state index is 0.0296. The third-order valence-electron chi connectivity index (χ3n) is 5.30. The first kappa shape index (κ1) is 19.6. The molecule has 2 aromatic carbocycles. The molecule has 150 valence electrons. The molecule has 3 aromatic rings. The van der Waals surface area contributed by atoms with Gasteiger partial charge in [0.1, 0.15) is 11.6 Å². The summed E-state index contributed by atoms with van der Waals surface area (Å²) in [6.45, 7) is 0. The zero-order valence-electron chi connectivity index (χ0n) is 15.6. The molecule has 0 saturated heterocycles. The van der Waals surface area contributed by atoms with Gasteiger partial charge >= 0.3 is 0 Å². The smallest absolute Gasteiger partial charge is 0.254 e. The van der Waals surface area contributed by atoms with Crippen LogP contribution in [-0.4, -0.2) is 23.0 Å². The fourth-order valence-corrected chi connectivity index (χ4v) is 3.95. The van der Waals surface area contributed by atoms with Gasteiger partial charge in [-0.05, 0) is 62.1 Å². The Bertz CT molecular complexity index is 1050. The number of amides is 1. The summed E-state index contributed by atoms with van der Waals surface area (Å²) in [6, 6.07) is 10.8. The second kappa shape index (κ2) is 8.33. The van der Waals surface area contributed by atoms with Gasteiger partial charge < -0.3 is 10.6 Å². The van der Waals surface area contributed by atoms with Gasteiger partial charge in [0, 0.05) is 40.4 Å². The van der Waals surface area contributed by atoms with Gasteiger partial charge in [0.15, 0.2) is 0 Å². The van der Waals surface area contributed by atoms with Gasteiger partial charge in [-0.3, -0.25) is 9.78 Å². The second-order valence-electron chi connectivity index (χ2n) is 7.31. The number of carbonyl (C=O) groups is 1. The van der Waals surface area contributed by atoms with E-state index in [1.54, 1.807) is 6.20 Å². The molecule has 1 fully saturated rings. The third-order valence-corrected chi connectivity index (χ3v) is 5.54. The van der Waals surface area contributed by atoms with Crippen LogP contribution in [0.4, 0.5) is 14.5 Å². The number of hydrogen-bond acceptors (Lipinski definition) is 3. The molecule has 29 heavy (non-hydrogen) atoms. The van der Waals surface area contributed by atoms with Gasteiger partial charge in [-0.1, -0.05) is 11.6 Å². The van der Waals surface area contributed by atoms with E-state index in [2.05, 4.69) is 15.6 Å². The maximum Gasteiger partial charge on any atom is 0.254 e. The minimum atomic E-state index is -0.845. The highest BCUT2D eigenvalue weighted by Crippen LogP contribution is 2.28. The molecule has 1 saturated carbocycles. The quantitative estimate of drug-likeness (QED) is 0.606. The van der Waals surface area contributed by atoms with Crippen LogP contribution in [0.5, 0.6) is 0 Å². The number of benzene rings is 2. The molecule has 4 rings (SSSR count). The van der Waals surface area contributed by atoms with Gasteiger partial charge in [0.05, 0.1) is 11.1 Å². The fraction of sp³-hybridized carbons (Fsp3) is 0.273. The van der Waals surface area contributed by atoms with Gasteiger partial charge in [0.2, 0.25) is 0 Å². The lowest BCUT2D eigenvalue weighted by Crippen LogP contribution is -2.40. The van der Waals surface area contributed by atoms with E-state index in [1.165, 1.54) is 6.07 Å². The van der Waals surface area contributed by atoms with Crippen molar-refractivity contribution < 1.29 is 13.6 Å². The number of anilines is 1. The summed E-state index contributed by atoms with van der Waals surface area (Å²) in [5.41, 5.74) is 1.71. The Labute approximate surface area is 172 Å². The molecule has 0 unspecified atom stereocenters. The molecule has 0 spiro atoms. The predicted octanol–water partition coefficient (Wildman–Crippen LogP) is 5.32. The first-order chi connectivity index (χ1) is 14.0. The molecule has 1 aromatic heterocycles. The molecule has 2 N–H and O–H groups in total. The molecule has 7 heteroatoms. The molecular formula is C22H20ClF2N3O. The van der Waals surface area contributed by atoms with Crippen LogP contribution in [0, 0.1) is 11.6 Å². The van der Waals surface area contributed by atoms with Crippen LogP contribution in [0.2, 0.25) is 5.02 Å². The third kappa shape index (κ3) is 4.48. The summed E-state index contributed by atoms with van der Waals surface area (Å²) >= 11 is 6.05. The summed E-state index contributed by atoms with van der Waals surface area (Å²) in [6.07, 6.45) is 5.05. The van der Waals surface area contributed by atoms with Crippen molar-refractivity contribution in [2.45, 2.75) is 37.8 Å². The number of aromatic nitrogens is 1. The number of fused-ring (bicyclic) bond motifs is 1. The molecule has 1 aliphatic carbocycles. The first-order valence-corrected chi connectivity index (χ1v) is 9.94. The molecule has 0 bridgehead atoms. The number of carbonyl (C=O) groups excluding carboxylic acids is 1. The van der Waals surface area contributed by atoms with E-state index in [9.17, 15) is 13.6 Å². The summed E-state index contributed by atoms with van der Waals surface area (Å²) in [4.78, 5) is 16.6. The van der Waals surface area contributed by atoms with E-state index in [-0.39, 0.29) is 17.6 Å². The Morgan fingerprint density at radius 3 is 2.52 bits per heavy atom. The number of pyridine rings is 1. The van der Waals surface area contributed by atoms with Crippen LogP contribution in [-0.2, 0) is 0 Å². The molecule has 1 aliphatic rings. The maximum absolute atomic E-state index is 13.8. The van der Waals surface area contributed by atoms with Crippen molar-refractivity contribution in [2.24, 2.45) is 0 Å². The fourth-order valence-electron chi connectivity index (χ4n) is 3.79. The minimum Gasteiger partial charge on any atom is -0.382 e. The van der Waals surface area contributed by atoms with Crippen molar-refractivity contribution in [1.82, 2.24) is 10.3 Å². The highest BCUT2D eigenvalue weighted by Gasteiger charge is 2.24. The van der Waals surface area contributed by atoms with Crippen LogP contribution >= 0.6 is 11.6 Å². The van der Waals surface area contributed by atoms with Crippen LogP contribution in [0.1, 0.15) is 36.0 Å². The second-order valence-corrected chi connectivity index (χ2v) is 7.75. The Kier molecular flexibility index (Phi) is 5.62. The summed E-state index contributed by atoms with van der Waals surface area (Å²) in [5.74, 6) is -2.05. The molecule has 0 aliphatic heterocycles. The molecule has 1 amide bonds. The summed E-state index contributed by atoms with van der Waals surface area (Å²) < 4.78 is 26.8. The largest absolute Gasteiger partial charge is 0.382 e. The van der Waals surface area contributed by atoms with E-state index in [4.69, 9.17) is 11.6 Å². The number of halogens is 3. The lowest BCUT2D eigenvalue weighted by atomic mass is 9.90. The molecule has 4 nitrogen and oxygen atoms in total. The van der Waals surface area contributed by atoms with E-state index in [0.717, 1.165) is 54.4 Å². The van der Waals surface area contributed by atoms with Gasteiger partial charge in [-0.25, -0.2) is 8.78 Å². The van der Waals surface area contributed by atoms with Crippen molar-refractivity contribution >= 4 is 34.1 Å². The Hall–Kier alpha value is -2.73. The topological polar surface area (TPSA) is 54.0 Å². The monoisotopic (exact) mass is 415 g/mol. The van der Waals surface area contributed by atoms with Gasteiger partial charge in [0.25, 0.3) is 5.91 Å². The van der Waals surface area contributed by atoms with Crippen LogP contribution in [0.25, 0.3) is 10.9 Å². The number of rotatable bonds is 4. The number of nitrogens with one attached hydrogen (secondary N) is 2. The zero-order chi connectivity index (χ0) is 20.4. The molecule has 0 radical (unpaired) electrons. The Morgan fingerprint density at radius 1 is 1.00 bits per heavy atom. The van der Waals surface area contributed by atoms with E-state index in [0.29, 0.717) is 5.02 Å². The van der Waals surface area contributed by atoms with E-state index >= 15 is 0 Å². The van der Waals surface area contributed by atoms with Crippen LogP contribution < -0.4 is 10.6 Å². The SMILES string of the molecule is O=C(NC1CCC(Nc2ccnc3cc(Cl)ccc23)CC1)c1ccc(F)cc1F. The van der Waals surface area contributed by atoms with Crippen molar-refractivity contribution in [3.05, 3.63) is 70.9 Å². The average Bonchev–Trinajstić information content (AvgIpc) is 2.69. The van der Waals surface area contributed by atoms with E-state index < -0.39 is 17.5 Å². The maximum atomic E-state index is 13.8. The molecule has 1 heterocycles. The Morgan fingerprint density at radius 2 is 1.76 bits per heavy atom. The normalized spacial score (nSPS) is 19.1. The zero-order valence-corrected chi connectivity index (χ0v) is 16.3. The van der Waals surface area contributed by atoms with Crippen molar-refractivity contribution in [3.8, 4) is 0 Å². The number of hydrogen-bond donors (Lipinski definition) is 2. The summed E-state index contributed by atoms with van der Waals surface area (Å²) in [5, 5.41) is 8.09. The molecule has 0 atom stereocenters. The lowest BCUT2D eigenvalue weighted by Gasteiger charge is -2.30. The van der Waals surface area contributed by atoms with Crippen LogP contribution in [0.3, 0.4) is 0 Å². The highest BCUT2D eigenvalue weighted by atomic mass is 35.5. The van der Waals surface area contributed by atoms with Crippen molar-refractivity contribution in [3.63, 3.8) is 0 Å². The Balaban J connectivity index is 1.36. The predicted molar refractivity (Wildman–Crippen MR) is 110 cm³/mol. The van der Waals surface area contributed by atoms with Crippen LogP contribution in [0.15, 0.2) is 48.7 Å². The number of nitrogens with zero attached hydrogens (tertiary/aromatic N) is 1. The van der Waals surface area contributed by atoms with E-state index in [1.807, 2.05) is 24.3 Å². The summed E-state index contributed by atoms with van der Waals surface area (Å²) in [7, 11) is 0. The lowest BCUT2D eigenvalue weighted by molar-refractivity contribution is 0.0922. The standard InChI is InChI=1S/C22H20ClF2N3O/c23-13-1-7-18-20(9-10-26-21(18)11-13)27-15-3-5-16(6-4-15)28-22(29)17-8-2-14(24)12-19(17)25/h1-2,7-12,15-16H,3-6H2,(H,26,27)(H,28,29). The van der Waals surface area contributed by atoms with Gasteiger partial charge in [-0.2, -0.15) is 0 Å². The van der Waals surface area contributed by atoms with Crippen molar-refractivity contribution in [2.75, 3.05) is 5.32 Å². The highest BCUT2D eigenvalue weighted by molar-refractivity contribution is 6.31.